The average molecular weight is 259 g/mol. The lowest BCUT2D eigenvalue weighted by molar-refractivity contribution is -0.594. The van der Waals surface area contributed by atoms with E-state index in [1.807, 2.05) is 6.07 Å². The lowest BCUT2D eigenvalue weighted by Gasteiger charge is -2.20. The lowest BCUT2D eigenvalue weighted by atomic mass is 9.91. The van der Waals surface area contributed by atoms with E-state index in [1.165, 1.54) is 31.4 Å². The van der Waals surface area contributed by atoms with Gasteiger partial charge in [0, 0.05) is 24.8 Å². The van der Waals surface area contributed by atoms with Gasteiger partial charge in [0.2, 0.25) is 0 Å². The molecule has 0 N–H and O–H groups in total. The van der Waals surface area contributed by atoms with Crippen LogP contribution in [-0.4, -0.2) is 23.5 Å². The van der Waals surface area contributed by atoms with Crippen LogP contribution in [0.2, 0.25) is 0 Å². The van der Waals surface area contributed by atoms with Crippen LogP contribution >= 0.6 is 0 Å². The number of methoxy groups -OCH3 is 1. The average Bonchev–Trinajstić information content (AvgIpc) is 2.47. The van der Waals surface area contributed by atoms with Crippen molar-refractivity contribution in [3.63, 3.8) is 0 Å². The molecule has 0 bridgehead atoms. The maximum Gasteiger partial charge on any atom is 0.364 e. The monoisotopic (exact) mass is 259 g/mol. The smallest absolute Gasteiger partial charge is 0.311 e. The zero-order valence-corrected chi connectivity index (χ0v) is 10.4. The van der Waals surface area contributed by atoms with Gasteiger partial charge in [-0.05, 0) is 0 Å². The minimum Gasteiger partial charge on any atom is -0.311 e. The number of hydrogen-bond donors (Lipinski definition) is 0. The number of Topliss-reactive ketones (excluding diaryl/α,β-unsaturated/α-hetero) is 1. The molecule has 0 aromatic heterocycles. The Bertz CT molecular complexity index is 534. The van der Waals surface area contributed by atoms with E-state index in [-0.39, 0.29) is 5.78 Å². The SMILES string of the molecule is COC1([N+](=O)[O-])C=CC(C(=O)c2ccccc2)C=C1. The molecule has 5 heteroatoms. The predicted octanol–water partition coefficient (Wildman–Crippen LogP) is 2.23. The molecule has 0 fully saturated rings. The molecule has 0 spiro atoms. The Morgan fingerprint density at radius 3 is 2.32 bits per heavy atom. The number of nitro groups is 1. The molecule has 0 heterocycles. The number of hydrogen-bond acceptors (Lipinski definition) is 4. The van der Waals surface area contributed by atoms with Gasteiger partial charge in [-0.2, -0.15) is 0 Å². The van der Waals surface area contributed by atoms with E-state index in [9.17, 15) is 14.9 Å². The van der Waals surface area contributed by atoms with Crippen LogP contribution in [0.3, 0.4) is 0 Å². The summed E-state index contributed by atoms with van der Waals surface area (Å²) in [7, 11) is 1.26. The number of rotatable bonds is 4. The van der Waals surface area contributed by atoms with Crippen molar-refractivity contribution in [2.24, 2.45) is 5.92 Å². The van der Waals surface area contributed by atoms with Crippen LogP contribution in [0.1, 0.15) is 10.4 Å². The normalized spacial score (nSPS) is 25.2. The van der Waals surface area contributed by atoms with Gasteiger partial charge >= 0.3 is 5.72 Å². The fourth-order valence-corrected chi connectivity index (χ4v) is 1.90. The molecule has 1 aromatic rings. The molecule has 2 rings (SSSR count). The van der Waals surface area contributed by atoms with E-state index < -0.39 is 16.6 Å². The molecule has 0 amide bonds. The Kier molecular flexibility index (Phi) is 3.57. The molecule has 1 aromatic carbocycles. The standard InChI is InChI=1S/C14H13NO4/c1-19-14(15(17)18)9-7-12(8-10-14)13(16)11-5-3-2-4-6-11/h2-10,12H,1H3. The highest BCUT2D eigenvalue weighted by molar-refractivity contribution is 6.00. The second-order valence-electron chi connectivity index (χ2n) is 4.19. The first-order valence-electron chi connectivity index (χ1n) is 5.77. The fraction of sp³-hybridized carbons (Fsp3) is 0.214. The highest BCUT2D eigenvalue weighted by Crippen LogP contribution is 2.24. The molecule has 5 nitrogen and oxygen atoms in total. The van der Waals surface area contributed by atoms with Gasteiger partial charge in [0.15, 0.2) is 5.78 Å². The molecule has 0 atom stereocenters. The number of allylic oxidation sites excluding steroid dienone is 2. The highest BCUT2D eigenvalue weighted by Gasteiger charge is 2.40. The van der Waals surface area contributed by atoms with Crippen LogP contribution in [0.4, 0.5) is 0 Å². The molecule has 0 aliphatic heterocycles. The van der Waals surface area contributed by atoms with E-state index in [0.29, 0.717) is 5.56 Å². The van der Waals surface area contributed by atoms with Crippen LogP contribution in [0.25, 0.3) is 0 Å². The molecule has 1 aliphatic rings. The van der Waals surface area contributed by atoms with Crippen LogP contribution in [0.15, 0.2) is 54.6 Å². The van der Waals surface area contributed by atoms with Crippen molar-refractivity contribution in [2.45, 2.75) is 5.72 Å². The molecule has 0 radical (unpaired) electrons. The summed E-state index contributed by atoms with van der Waals surface area (Å²) in [5.41, 5.74) is -1.08. The summed E-state index contributed by atoms with van der Waals surface area (Å²) in [6.07, 6.45) is 5.61. The van der Waals surface area contributed by atoms with E-state index in [1.54, 1.807) is 24.3 Å². The predicted molar refractivity (Wildman–Crippen MR) is 69.3 cm³/mol. The van der Waals surface area contributed by atoms with Crippen molar-refractivity contribution in [1.82, 2.24) is 0 Å². The Morgan fingerprint density at radius 2 is 1.84 bits per heavy atom. The van der Waals surface area contributed by atoms with Gasteiger partial charge in [0.1, 0.15) is 0 Å². The Morgan fingerprint density at radius 1 is 1.26 bits per heavy atom. The van der Waals surface area contributed by atoms with Crippen molar-refractivity contribution in [2.75, 3.05) is 7.11 Å². The first-order valence-corrected chi connectivity index (χ1v) is 5.77. The zero-order valence-electron chi connectivity index (χ0n) is 10.4. The number of nitrogens with zero attached hydrogens (tertiary/aromatic N) is 1. The number of benzene rings is 1. The van der Waals surface area contributed by atoms with Crippen molar-refractivity contribution in [3.8, 4) is 0 Å². The van der Waals surface area contributed by atoms with Crippen LogP contribution in [-0.2, 0) is 4.74 Å². The Labute approximate surface area is 110 Å². The molecule has 19 heavy (non-hydrogen) atoms. The van der Waals surface area contributed by atoms with Gasteiger partial charge in [0.25, 0.3) is 0 Å². The second-order valence-corrected chi connectivity index (χ2v) is 4.19. The minimum atomic E-state index is -1.66. The van der Waals surface area contributed by atoms with Gasteiger partial charge in [-0.15, -0.1) is 0 Å². The fourth-order valence-electron chi connectivity index (χ4n) is 1.90. The third-order valence-corrected chi connectivity index (χ3v) is 3.06. The van der Waals surface area contributed by atoms with Gasteiger partial charge in [-0.1, -0.05) is 42.5 Å². The summed E-state index contributed by atoms with van der Waals surface area (Å²) in [6, 6.07) is 8.82. The van der Waals surface area contributed by atoms with E-state index in [0.717, 1.165) is 0 Å². The number of ketones is 1. The van der Waals surface area contributed by atoms with E-state index in [4.69, 9.17) is 4.74 Å². The lowest BCUT2D eigenvalue weighted by Crippen LogP contribution is -2.38. The van der Waals surface area contributed by atoms with Crippen molar-refractivity contribution in [1.29, 1.82) is 0 Å². The Hall–Kier alpha value is -2.27. The number of carbonyl (C=O) groups is 1. The summed E-state index contributed by atoms with van der Waals surface area (Å²) in [6.45, 7) is 0. The van der Waals surface area contributed by atoms with Gasteiger partial charge in [-0.25, -0.2) is 0 Å². The van der Waals surface area contributed by atoms with Crippen molar-refractivity contribution < 1.29 is 14.5 Å². The Balaban J connectivity index is 2.20. The third kappa shape index (κ3) is 2.46. The topological polar surface area (TPSA) is 69.4 Å². The first-order chi connectivity index (χ1) is 9.09. The van der Waals surface area contributed by atoms with Gasteiger partial charge in [-0.3, -0.25) is 14.9 Å². The maximum atomic E-state index is 12.2. The second kappa shape index (κ2) is 5.16. The molecular weight excluding hydrogens is 246 g/mol. The zero-order chi connectivity index (χ0) is 13.9. The minimum absolute atomic E-state index is 0.0962. The van der Waals surface area contributed by atoms with Crippen LogP contribution in [0.5, 0.6) is 0 Å². The summed E-state index contributed by atoms with van der Waals surface area (Å²) in [5, 5.41) is 10.9. The first kappa shape index (κ1) is 13.2. The largest absolute Gasteiger partial charge is 0.364 e. The quantitative estimate of drug-likeness (QED) is 0.273. The summed E-state index contributed by atoms with van der Waals surface area (Å²) in [5.74, 6) is -0.591. The maximum absolute atomic E-state index is 12.2. The summed E-state index contributed by atoms with van der Waals surface area (Å²) in [4.78, 5) is 22.6. The molecule has 0 saturated heterocycles. The van der Waals surface area contributed by atoms with Crippen LogP contribution in [0, 0.1) is 16.0 Å². The molecule has 0 unspecified atom stereocenters. The molecule has 1 aliphatic carbocycles. The van der Waals surface area contributed by atoms with Crippen molar-refractivity contribution in [3.05, 3.63) is 70.3 Å². The van der Waals surface area contributed by atoms with Gasteiger partial charge < -0.3 is 4.74 Å². The molecule has 0 saturated carbocycles. The summed E-state index contributed by atoms with van der Waals surface area (Å²) >= 11 is 0. The van der Waals surface area contributed by atoms with Crippen LogP contribution < -0.4 is 0 Å². The molecule has 98 valence electrons. The number of ether oxygens (including phenoxy) is 1. The van der Waals surface area contributed by atoms with Gasteiger partial charge in [0.05, 0.1) is 10.8 Å². The van der Waals surface area contributed by atoms with E-state index >= 15 is 0 Å². The van der Waals surface area contributed by atoms with E-state index in [2.05, 4.69) is 0 Å². The highest BCUT2D eigenvalue weighted by atomic mass is 16.7. The number of carbonyl (C=O) groups excluding carboxylic acids is 1. The van der Waals surface area contributed by atoms with Crippen molar-refractivity contribution >= 4 is 5.78 Å². The third-order valence-electron chi connectivity index (χ3n) is 3.06. The summed E-state index contributed by atoms with van der Waals surface area (Å²) < 4.78 is 4.89. The molecular formula is C14H13NO4.